The first-order valence-electron chi connectivity index (χ1n) is 5.88. The molecule has 0 aliphatic carbocycles. The predicted molar refractivity (Wildman–Crippen MR) is 75.8 cm³/mol. The van der Waals surface area contributed by atoms with E-state index in [1.807, 2.05) is 13.0 Å². The van der Waals surface area contributed by atoms with Crippen LogP contribution in [0.1, 0.15) is 18.9 Å². The van der Waals surface area contributed by atoms with Gasteiger partial charge in [0.25, 0.3) is 0 Å². The summed E-state index contributed by atoms with van der Waals surface area (Å²) >= 11 is 11.8. The molecule has 2 N–H and O–H groups in total. The second kappa shape index (κ2) is 6.98. The molecule has 0 saturated heterocycles. The van der Waals surface area contributed by atoms with Gasteiger partial charge in [-0.05, 0) is 24.1 Å². The van der Waals surface area contributed by atoms with Crippen molar-refractivity contribution in [3.63, 3.8) is 0 Å². The van der Waals surface area contributed by atoms with E-state index in [4.69, 9.17) is 28.9 Å². The number of nitrogens with zero attached hydrogens (tertiary/aromatic N) is 1. The highest BCUT2D eigenvalue weighted by Crippen LogP contribution is 2.23. The number of carbonyl (C=O) groups is 1. The number of halogens is 2. The molecule has 1 atom stereocenters. The van der Waals surface area contributed by atoms with Crippen molar-refractivity contribution in [3.8, 4) is 0 Å². The largest absolute Gasteiger partial charge is 0.341 e. The Labute approximate surface area is 118 Å². The van der Waals surface area contributed by atoms with Gasteiger partial charge in [-0.3, -0.25) is 4.79 Å². The second-order valence-corrected chi connectivity index (χ2v) is 5.10. The summed E-state index contributed by atoms with van der Waals surface area (Å²) in [5.41, 5.74) is 6.52. The van der Waals surface area contributed by atoms with Crippen LogP contribution < -0.4 is 5.73 Å². The molecule has 0 heterocycles. The third kappa shape index (κ3) is 3.87. The zero-order valence-electron chi connectivity index (χ0n) is 10.6. The van der Waals surface area contributed by atoms with E-state index in [9.17, 15) is 4.79 Å². The minimum Gasteiger partial charge on any atom is -0.341 e. The fourth-order valence-electron chi connectivity index (χ4n) is 1.74. The standard InChI is InChI=1S/C13H18Cl2N2O/c1-3-10(7-16)13(18)17(2)8-9-4-5-11(14)12(15)6-9/h4-6,10H,3,7-8,16H2,1-2H3. The Hall–Kier alpha value is -0.770. The van der Waals surface area contributed by atoms with E-state index in [2.05, 4.69) is 0 Å². The van der Waals surface area contributed by atoms with Crippen molar-refractivity contribution >= 4 is 29.1 Å². The van der Waals surface area contributed by atoms with Gasteiger partial charge in [-0.2, -0.15) is 0 Å². The van der Waals surface area contributed by atoms with Crippen LogP contribution in [0.15, 0.2) is 18.2 Å². The molecule has 3 nitrogen and oxygen atoms in total. The molecule has 0 saturated carbocycles. The summed E-state index contributed by atoms with van der Waals surface area (Å²) in [6.45, 7) is 2.84. The summed E-state index contributed by atoms with van der Waals surface area (Å²) in [6.07, 6.45) is 0.751. The lowest BCUT2D eigenvalue weighted by Gasteiger charge is -2.22. The Morgan fingerprint density at radius 3 is 2.56 bits per heavy atom. The Morgan fingerprint density at radius 1 is 1.39 bits per heavy atom. The van der Waals surface area contributed by atoms with Crippen LogP contribution in [0, 0.1) is 5.92 Å². The maximum absolute atomic E-state index is 12.0. The molecule has 1 amide bonds. The van der Waals surface area contributed by atoms with Gasteiger partial charge in [0.05, 0.1) is 16.0 Å². The van der Waals surface area contributed by atoms with Gasteiger partial charge in [0, 0.05) is 20.1 Å². The van der Waals surface area contributed by atoms with Crippen molar-refractivity contribution < 1.29 is 4.79 Å². The molecule has 0 aliphatic rings. The van der Waals surface area contributed by atoms with E-state index in [-0.39, 0.29) is 11.8 Å². The number of carbonyl (C=O) groups excluding carboxylic acids is 1. The molecule has 0 fully saturated rings. The molecule has 5 heteroatoms. The maximum atomic E-state index is 12.0. The van der Waals surface area contributed by atoms with Crippen LogP contribution in [0.3, 0.4) is 0 Å². The number of amides is 1. The van der Waals surface area contributed by atoms with Gasteiger partial charge in [0.2, 0.25) is 5.91 Å². The average Bonchev–Trinajstić information content (AvgIpc) is 2.35. The average molecular weight is 289 g/mol. The van der Waals surface area contributed by atoms with Crippen LogP contribution in [-0.4, -0.2) is 24.4 Å². The molecule has 0 spiro atoms. The van der Waals surface area contributed by atoms with Gasteiger partial charge in [-0.15, -0.1) is 0 Å². The summed E-state index contributed by atoms with van der Waals surface area (Å²) < 4.78 is 0. The van der Waals surface area contributed by atoms with Gasteiger partial charge in [0.15, 0.2) is 0 Å². The molecule has 1 aromatic carbocycles. The van der Waals surface area contributed by atoms with Crippen LogP contribution >= 0.6 is 23.2 Å². The topological polar surface area (TPSA) is 46.3 Å². The first-order chi connectivity index (χ1) is 8.49. The molecule has 18 heavy (non-hydrogen) atoms. The van der Waals surface area contributed by atoms with Gasteiger partial charge in [-0.1, -0.05) is 36.2 Å². The van der Waals surface area contributed by atoms with Crippen LogP contribution in [-0.2, 0) is 11.3 Å². The van der Waals surface area contributed by atoms with Crippen LogP contribution in [0.2, 0.25) is 10.0 Å². The summed E-state index contributed by atoms with van der Waals surface area (Å²) in [5.74, 6) is -0.0520. The normalized spacial score (nSPS) is 12.3. The molecular formula is C13H18Cl2N2O. The Bertz CT molecular complexity index is 419. The number of benzene rings is 1. The number of hydrogen-bond donors (Lipinski definition) is 1. The Balaban J connectivity index is 2.71. The third-order valence-electron chi connectivity index (χ3n) is 2.91. The van der Waals surface area contributed by atoms with Crippen molar-refractivity contribution in [1.82, 2.24) is 4.90 Å². The van der Waals surface area contributed by atoms with Gasteiger partial charge < -0.3 is 10.6 Å². The minimum atomic E-state index is -0.113. The molecule has 0 radical (unpaired) electrons. The van der Waals surface area contributed by atoms with Crippen LogP contribution in [0.25, 0.3) is 0 Å². The van der Waals surface area contributed by atoms with Crippen molar-refractivity contribution in [3.05, 3.63) is 33.8 Å². The molecule has 1 aromatic rings. The highest BCUT2D eigenvalue weighted by molar-refractivity contribution is 6.42. The summed E-state index contributed by atoms with van der Waals surface area (Å²) in [4.78, 5) is 13.7. The summed E-state index contributed by atoms with van der Waals surface area (Å²) in [6, 6.07) is 5.37. The highest BCUT2D eigenvalue weighted by Gasteiger charge is 2.18. The molecule has 1 rings (SSSR count). The van der Waals surface area contributed by atoms with Crippen molar-refractivity contribution in [2.75, 3.05) is 13.6 Å². The second-order valence-electron chi connectivity index (χ2n) is 4.28. The SMILES string of the molecule is CCC(CN)C(=O)N(C)Cc1ccc(Cl)c(Cl)c1. The molecule has 0 aliphatic heterocycles. The minimum absolute atomic E-state index is 0.0612. The fourth-order valence-corrected chi connectivity index (χ4v) is 2.06. The molecule has 0 bridgehead atoms. The summed E-state index contributed by atoms with van der Waals surface area (Å²) in [7, 11) is 1.77. The van der Waals surface area contributed by atoms with E-state index >= 15 is 0 Å². The first kappa shape index (κ1) is 15.3. The molecule has 100 valence electrons. The van der Waals surface area contributed by atoms with Gasteiger partial charge in [0.1, 0.15) is 0 Å². The Morgan fingerprint density at radius 2 is 2.06 bits per heavy atom. The van der Waals surface area contributed by atoms with Gasteiger partial charge in [-0.25, -0.2) is 0 Å². The lowest BCUT2D eigenvalue weighted by Crippen LogP contribution is -2.35. The zero-order chi connectivity index (χ0) is 13.7. The van der Waals surface area contributed by atoms with E-state index < -0.39 is 0 Å². The monoisotopic (exact) mass is 288 g/mol. The van der Waals surface area contributed by atoms with Crippen molar-refractivity contribution in [2.24, 2.45) is 11.7 Å². The van der Waals surface area contributed by atoms with Crippen LogP contribution in [0.4, 0.5) is 0 Å². The molecule has 0 aromatic heterocycles. The van der Waals surface area contributed by atoms with E-state index in [0.717, 1.165) is 12.0 Å². The van der Waals surface area contributed by atoms with Gasteiger partial charge >= 0.3 is 0 Å². The van der Waals surface area contributed by atoms with E-state index in [1.54, 1.807) is 24.1 Å². The smallest absolute Gasteiger partial charge is 0.226 e. The van der Waals surface area contributed by atoms with E-state index in [0.29, 0.717) is 23.1 Å². The van der Waals surface area contributed by atoms with Crippen molar-refractivity contribution in [2.45, 2.75) is 19.9 Å². The number of nitrogens with two attached hydrogens (primary N) is 1. The van der Waals surface area contributed by atoms with E-state index in [1.165, 1.54) is 0 Å². The lowest BCUT2D eigenvalue weighted by molar-refractivity contribution is -0.134. The summed E-state index contributed by atoms with van der Waals surface area (Å²) in [5, 5.41) is 1.02. The van der Waals surface area contributed by atoms with Crippen molar-refractivity contribution in [1.29, 1.82) is 0 Å². The predicted octanol–water partition coefficient (Wildman–Crippen LogP) is 2.94. The molecule has 1 unspecified atom stereocenters. The van der Waals surface area contributed by atoms with Crippen LogP contribution in [0.5, 0.6) is 0 Å². The number of hydrogen-bond acceptors (Lipinski definition) is 2. The number of rotatable bonds is 5. The third-order valence-corrected chi connectivity index (χ3v) is 3.65. The fraction of sp³-hybridized carbons (Fsp3) is 0.462. The molecular weight excluding hydrogens is 271 g/mol. The zero-order valence-corrected chi connectivity index (χ0v) is 12.1. The lowest BCUT2D eigenvalue weighted by atomic mass is 10.1. The highest BCUT2D eigenvalue weighted by atomic mass is 35.5. The Kier molecular flexibility index (Phi) is 5.93. The first-order valence-corrected chi connectivity index (χ1v) is 6.64. The maximum Gasteiger partial charge on any atom is 0.226 e. The quantitative estimate of drug-likeness (QED) is 0.906.